The predicted octanol–water partition coefficient (Wildman–Crippen LogP) is 1.38. The summed E-state index contributed by atoms with van der Waals surface area (Å²) in [6.07, 6.45) is 3.52. The first-order valence-corrected chi connectivity index (χ1v) is 6.62. The van der Waals surface area contributed by atoms with E-state index in [4.69, 9.17) is 0 Å². The Bertz CT molecular complexity index is 446. The van der Waals surface area contributed by atoms with Crippen molar-refractivity contribution in [2.24, 2.45) is 11.8 Å². The molecule has 3 heterocycles. The van der Waals surface area contributed by atoms with E-state index in [1.807, 2.05) is 17.0 Å². The SMILES string of the molecule is CC(C)N1C[C@H]2CN(c3cccnc3)C(=O)[C@H]2C1. The Labute approximate surface area is 108 Å². The zero-order valence-electron chi connectivity index (χ0n) is 10.9. The summed E-state index contributed by atoms with van der Waals surface area (Å²) in [4.78, 5) is 20.8. The quantitative estimate of drug-likeness (QED) is 0.790. The third kappa shape index (κ3) is 1.81. The summed E-state index contributed by atoms with van der Waals surface area (Å²) in [6.45, 7) is 7.20. The molecule has 1 aromatic rings. The van der Waals surface area contributed by atoms with Crippen molar-refractivity contribution in [1.82, 2.24) is 9.88 Å². The van der Waals surface area contributed by atoms with Crippen molar-refractivity contribution in [3.63, 3.8) is 0 Å². The molecule has 1 aromatic heterocycles. The maximum atomic E-state index is 12.4. The molecule has 4 nitrogen and oxygen atoms in total. The number of hydrogen-bond donors (Lipinski definition) is 0. The zero-order chi connectivity index (χ0) is 12.7. The van der Waals surface area contributed by atoms with Crippen molar-refractivity contribution < 1.29 is 4.79 Å². The molecule has 0 unspecified atom stereocenters. The van der Waals surface area contributed by atoms with Gasteiger partial charge < -0.3 is 4.90 Å². The maximum Gasteiger partial charge on any atom is 0.231 e. The van der Waals surface area contributed by atoms with Crippen LogP contribution in [0.1, 0.15) is 13.8 Å². The number of nitrogens with zero attached hydrogens (tertiary/aromatic N) is 3. The molecule has 0 saturated carbocycles. The van der Waals surface area contributed by atoms with E-state index < -0.39 is 0 Å². The second-order valence-electron chi connectivity index (χ2n) is 5.57. The summed E-state index contributed by atoms with van der Waals surface area (Å²) in [6, 6.07) is 4.39. The molecular formula is C14H19N3O. The minimum absolute atomic E-state index is 0.188. The highest BCUT2D eigenvalue weighted by atomic mass is 16.2. The van der Waals surface area contributed by atoms with Crippen LogP contribution in [0.5, 0.6) is 0 Å². The zero-order valence-corrected chi connectivity index (χ0v) is 10.9. The van der Waals surface area contributed by atoms with Crippen molar-refractivity contribution >= 4 is 11.6 Å². The first kappa shape index (κ1) is 11.7. The number of carbonyl (C=O) groups is 1. The standard InChI is InChI=1S/C14H19N3O/c1-10(2)16-7-11-8-17(14(18)13(11)9-16)12-4-3-5-15-6-12/h3-6,10-11,13H,7-9H2,1-2H3/t11-,13-/m0/s1. The molecule has 0 aliphatic carbocycles. The molecule has 18 heavy (non-hydrogen) atoms. The first-order chi connectivity index (χ1) is 8.66. The minimum atomic E-state index is 0.188. The smallest absolute Gasteiger partial charge is 0.231 e. The van der Waals surface area contributed by atoms with Crippen LogP contribution in [0.4, 0.5) is 5.69 Å². The number of carbonyl (C=O) groups excluding carboxylic acids is 1. The topological polar surface area (TPSA) is 36.4 Å². The highest BCUT2D eigenvalue weighted by Crippen LogP contribution is 2.35. The third-order valence-electron chi connectivity index (χ3n) is 4.16. The van der Waals surface area contributed by atoms with Gasteiger partial charge in [-0.15, -0.1) is 0 Å². The molecule has 2 aliphatic rings. The van der Waals surface area contributed by atoms with Crippen LogP contribution in [-0.4, -0.2) is 41.5 Å². The van der Waals surface area contributed by atoms with Crippen LogP contribution >= 0.6 is 0 Å². The Kier molecular flexibility index (Phi) is 2.82. The van der Waals surface area contributed by atoms with Crippen molar-refractivity contribution in [2.45, 2.75) is 19.9 Å². The molecule has 4 heteroatoms. The molecular weight excluding hydrogens is 226 g/mol. The van der Waals surface area contributed by atoms with Gasteiger partial charge in [-0.3, -0.25) is 14.7 Å². The summed E-state index contributed by atoms with van der Waals surface area (Å²) in [5.41, 5.74) is 0.938. The number of fused-ring (bicyclic) bond motifs is 1. The molecule has 0 bridgehead atoms. The Balaban J connectivity index is 1.77. The monoisotopic (exact) mass is 245 g/mol. The lowest BCUT2D eigenvalue weighted by Gasteiger charge is -2.24. The summed E-state index contributed by atoms with van der Waals surface area (Å²) in [7, 11) is 0. The maximum absolute atomic E-state index is 12.4. The van der Waals surface area contributed by atoms with Crippen LogP contribution < -0.4 is 4.90 Å². The number of likely N-dealkylation sites (tertiary alicyclic amines) is 1. The number of amides is 1. The second kappa shape index (κ2) is 4.35. The highest BCUT2D eigenvalue weighted by Gasteiger charge is 2.46. The molecule has 2 aliphatic heterocycles. The molecule has 0 radical (unpaired) electrons. The minimum Gasteiger partial charge on any atom is -0.310 e. The second-order valence-corrected chi connectivity index (χ2v) is 5.57. The summed E-state index contributed by atoms with van der Waals surface area (Å²) in [5.74, 6) is 0.948. The van der Waals surface area contributed by atoms with Crippen molar-refractivity contribution in [3.05, 3.63) is 24.5 Å². The number of rotatable bonds is 2. The molecule has 1 amide bonds. The van der Waals surface area contributed by atoms with Crippen LogP contribution in [0.15, 0.2) is 24.5 Å². The van der Waals surface area contributed by atoms with Gasteiger partial charge in [-0.2, -0.15) is 0 Å². The molecule has 0 N–H and O–H groups in total. The summed E-state index contributed by atoms with van der Waals surface area (Å²) in [5, 5.41) is 0. The lowest BCUT2D eigenvalue weighted by atomic mass is 10.0. The van der Waals surface area contributed by atoms with E-state index >= 15 is 0 Å². The van der Waals surface area contributed by atoms with Crippen LogP contribution in [0.3, 0.4) is 0 Å². The van der Waals surface area contributed by atoms with E-state index in [0.29, 0.717) is 12.0 Å². The van der Waals surface area contributed by atoms with Gasteiger partial charge >= 0.3 is 0 Å². The lowest BCUT2D eigenvalue weighted by molar-refractivity contribution is -0.120. The fraction of sp³-hybridized carbons (Fsp3) is 0.571. The number of aromatic nitrogens is 1. The van der Waals surface area contributed by atoms with Crippen LogP contribution in [0.2, 0.25) is 0 Å². The van der Waals surface area contributed by atoms with Crippen molar-refractivity contribution in [3.8, 4) is 0 Å². The largest absolute Gasteiger partial charge is 0.310 e. The highest BCUT2D eigenvalue weighted by molar-refractivity contribution is 5.97. The Morgan fingerprint density at radius 1 is 1.33 bits per heavy atom. The fourth-order valence-corrected chi connectivity index (χ4v) is 3.06. The first-order valence-electron chi connectivity index (χ1n) is 6.62. The van der Waals surface area contributed by atoms with E-state index in [-0.39, 0.29) is 11.8 Å². The summed E-state index contributed by atoms with van der Waals surface area (Å²) >= 11 is 0. The van der Waals surface area contributed by atoms with Gasteiger partial charge in [0.25, 0.3) is 0 Å². The Hall–Kier alpha value is -1.42. The van der Waals surface area contributed by atoms with Gasteiger partial charge in [-0.1, -0.05) is 0 Å². The van der Waals surface area contributed by atoms with E-state index in [9.17, 15) is 4.79 Å². The molecule has 0 aromatic carbocycles. The van der Waals surface area contributed by atoms with Crippen LogP contribution in [-0.2, 0) is 4.79 Å². The van der Waals surface area contributed by atoms with Gasteiger partial charge in [0.2, 0.25) is 5.91 Å². The van der Waals surface area contributed by atoms with Gasteiger partial charge in [-0.05, 0) is 26.0 Å². The van der Waals surface area contributed by atoms with Gasteiger partial charge in [0, 0.05) is 37.8 Å². The molecule has 2 saturated heterocycles. The van der Waals surface area contributed by atoms with E-state index in [1.54, 1.807) is 12.4 Å². The van der Waals surface area contributed by atoms with E-state index in [2.05, 4.69) is 23.7 Å². The van der Waals surface area contributed by atoms with Gasteiger partial charge in [0.15, 0.2) is 0 Å². The van der Waals surface area contributed by atoms with Gasteiger partial charge in [0.05, 0.1) is 17.8 Å². The van der Waals surface area contributed by atoms with Crippen molar-refractivity contribution in [2.75, 3.05) is 24.5 Å². The molecule has 2 fully saturated rings. The van der Waals surface area contributed by atoms with E-state index in [0.717, 1.165) is 25.3 Å². The molecule has 2 atom stereocenters. The van der Waals surface area contributed by atoms with Gasteiger partial charge in [-0.25, -0.2) is 0 Å². The van der Waals surface area contributed by atoms with Gasteiger partial charge in [0.1, 0.15) is 0 Å². The predicted molar refractivity (Wildman–Crippen MR) is 70.3 cm³/mol. The molecule has 96 valence electrons. The number of pyridine rings is 1. The van der Waals surface area contributed by atoms with E-state index in [1.165, 1.54) is 0 Å². The van der Waals surface area contributed by atoms with Crippen LogP contribution in [0.25, 0.3) is 0 Å². The molecule has 3 rings (SSSR count). The fourth-order valence-electron chi connectivity index (χ4n) is 3.06. The molecule has 0 spiro atoms. The average Bonchev–Trinajstić information content (AvgIpc) is 2.91. The Morgan fingerprint density at radius 2 is 2.17 bits per heavy atom. The number of anilines is 1. The summed E-state index contributed by atoms with van der Waals surface area (Å²) < 4.78 is 0. The van der Waals surface area contributed by atoms with Crippen molar-refractivity contribution in [1.29, 1.82) is 0 Å². The average molecular weight is 245 g/mol. The lowest BCUT2D eigenvalue weighted by Crippen LogP contribution is -2.35. The Morgan fingerprint density at radius 3 is 2.78 bits per heavy atom. The van der Waals surface area contributed by atoms with Crippen LogP contribution in [0, 0.1) is 11.8 Å². The number of hydrogen-bond acceptors (Lipinski definition) is 3. The normalized spacial score (nSPS) is 28.2. The third-order valence-corrected chi connectivity index (χ3v) is 4.16.